The second kappa shape index (κ2) is 9.72. The summed E-state index contributed by atoms with van der Waals surface area (Å²) in [6.45, 7) is 2.80. The van der Waals surface area contributed by atoms with Crippen LogP contribution >= 0.6 is 11.6 Å². The zero-order valence-electron chi connectivity index (χ0n) is 16.3. The fourth-order valence-electron chi connectivity index (χ4n) is 3.10. The second-order valence-corrected chi connectivity index (χ2v) is 7.40. The summed E-state index contributed by atoms with van der Waals surface area (Å²) in [6.07, 6.45) is 2.81. The topological polar surface area (TPSA) is 85.3 Å². The predicted octanol–water partition coefficient (Wildman–Crippen LogP) is 3.69. The van der Waals surface area contributed by atoms with Gasteiger partial charge in [0.2, 0.25) is 5.91 Å². The van der Waals surface area contributed by atoms with Crippen molar-refractivity contribution in [3.05, 3.63) is 87.1 Å². The van der Waals surface area contributed by atoms with Crippen molar-refractivity contribution in [1.29, 1.82) is 0 Å². The molecule has 3 N–H and O–H groups in total. The average molecular weight is 412 g/mol. The van der Waals surface area contributed by atoms with Gasteiger partial charge in [-0.3, -0.25) is 9.59 Å². The van der Waals surface area contributed by atoms with Gasteiger partial charge in [-0.05, 0) is 30.7 Å². The molecule has 6 heteroatoms. The third kappa shape index (κ3) is 5.25. The third-order valence-electron chi connectivity index (χ3n) is 4.70. The maximum atomic E-state index is 13.2. The minimum absolute atomic E-state index is 0.117. The number of nitrogens with two attached hydrogens (primary N) is 1. The molecule has 0 fully saturated rings. The van der Waals surface area contributed by atoms with Crippen LogP contribution < -0.4 is 16.5 Å². The molecule has 0 aliphatic carbocycles. The standard InChI is InChI=1S/C23H24ClN2O3/c1-15(23(28)26-11-5-10-25)12-20-19(13-16-6-3-2-4-7-16)22(27)18-9-8-17(24)14-21(18)29-20/h2-4,6-9,12,14-15H,5,10-11,13,25H2,1H3,(H,26,28). The monoisotopic (exact) mass is 411 g/mol. The zero-order chi connectivity index (χ0) is 20.8. The fourth-order valence-corrected chi connectivity index (χ4v) is 3.26. The Bertz CT molecular complexity index is 1050. The van der Waals surface area contributed by atoms with Crippen LogP contribution in [0.15, 0.2) is 57.7 Å². The van der Waals surface area contributed by atoms with E-state index < -0.39 is 5.92 Å². The van der Waals surface area contributed by atoms with Crippen molar-refractivity contribution in [2.24, 2.45) is 11.7 Å². The average Bonchev–Trinajstić information content (AvgIpc) is 2.71. The van der Waals surface area contributed by atoms with Crippen LogP contribution in [-0.2, 0) is 11.2 Å². The van der Waals surface area contributed by atoms with Crippen LogP contribution in [0.5, 0.6) is 0 Å². The van der Waals surface area contributed by atoms with Gasteiger partial charge in [-0.25, -0.2) is 0 Å². The van der Waals surface area contributed by atoms with Gasteiger partial charge in [0.1, 0.15) is 11.3 Å². The highest BCUT2D eigenvalue weighted by Gasteiger charge is 2.21. The summed E-state index contributed by atoms with van der Waals surface area (Å²) in [4.78, 5) is 25.6. The first-order valence-electron chi connectivity index (χ1n) is 9.61. The van der Waals surface area contributed by atoms with Gasteiger partial charge < -0.3 is 15.5 Å². The van der Waals surface area contributed by atoms with Crippen molar-refractivity contribution in [2.45, 2.75) is 19.8 Å². The van der Waals surface area contributed by atoms with Crippen LogP contribution in [-0.4, -0.2) is 19.0 Å². The maximum absolute atomic E-state index is 13.2. The van der Waals surface area contributed by atoms with Crippen LogP contribution in [0.25, 0.3) is 11.0 Å². The number of halogens is 1. The molecule has 3 aromatic rings. The number of nitrogens with one attached hydrogen (secondary N) is 1. The minimum Gasteiger partial charge on any atom is -0.460 e. The van der Waals surface area contributed by atoms with Crippen LogP contribution in [0.2, 0.25) is 5.02 Å². The third-order valence-corrected chi connectivity index (χ3v) is 4.93. The highest BCUT2D eigenvalue weighted by molar-refractivity contribution is 6.31. The highest BCUT2D eigenvalue weighted by atomic mass is 35.5. The predicted molar refractivity (Wildman–Crippen MR) is 116 cm³/mol. The molecule has 1 amide bonds. The minimum atomic E-state index is -0.470. The highest BCUT2D eigenvalue weighted by Crippen LogP contribution is 2.24. The Labute approximate surface area is 174 Å². The van der Waals surface area contributed by atoms with Gasteiger partial charge in [0.25, 0.3) is 0 Å². The molecule has 29 heavy (non-hydrogen) atoms. The quantitative estimate of drug-likeness (QED) is 0.553. The number of fused-ring (bicyclic) bond motifs is 1. The van der Waals surface area contributed by atoms with Crippen molar-refractivity contribution < 1.29 is 9.21 Å². The molecule has 0 spiro atoms. The SMILES string of the molecule is CC([CH]c1oc2cc(Cl)ccc2c(=O)c1Cc1ccccc1)C(=O)NCCCN. The summed E-state index contributed by atoms with van der Waals surface area (Å²) < 4.78 is 6.03. The van der Waals surface area contributed by atoms with E-state index in [0.717, 1.165) is 5.56 Å². The summed E-state index contributed by atoms with van der Waals surface area (Å²) in [6, 6.07) is 14.7. The molecule has 1 radical (unpaired) electrons. The van der Waals surface area contributed by atoms with E-state index in [0.29, 0.717) is 53.2 Å². The molecule has 3 rings (SSSR count). The van der Waals surface area contributed by atoms with E-state index in [2.05, 4.69) is 5.32 Å². The largest absolute Gasteiger partial charge is 0.460 e. The van der Waals surface area contributed by atoms with Crippen LogP contribution in [0, 0.1) is 12.3 Å². The van der Waals surface area contributed by atoms with E-state index in [4.69, 9.17) is 21.8 Å². The van der Waals surface area contributed by atoms with E-state index in [1.807, 2.05) is 30.3 Å². The molecule has 0 aliphatic heterocycles. The molecule has 0 saturated heterocycles. The lowest BCUT2D eigenvalue weighted by atomic mass is 9.96. The first-order chi connectivity index (χ1) is 14.0. The first-order valence-corrected chi connectivity index (χ1v) is 9.99. The summed E-state index contributed by atoms with van der Waals surface area (Å²) >= 11 is 6.07. The molecule has 1 aromatic heterocycles. The van der Waals surface area contributed by atoms with E-state index in [1.165, 1.54) is 0 Å². The molecule has 2 aromatic carbocycles. The molecule has 5 nitrogen and oxygen atoms in total. The van der Waals surface area contributed by atoms with Gasteiger partial charge >= 0.3 is 0 Å². The van der Waals surface area contributed by atoms with E-state index in [-0.39, 0.29) is 11.3 Å². The van der Waals surface area contributed by atoms with Crippen molar-refractivity contribution in [1.82, 2.24) is 5.32 Å². The normalized spacial score (nSPS) is 12.1. The molecular weight excluding hydrogens is 388 g/mol. The lowest BCUT2D eigenvalue weighted by Gasteiger charge is -2.14. The molecular formula is C23H24ClN2O3. The van der Waals surface area contributed by atoms with Gasteiger partial charge in [0.15, 0.2) is 5.43 Å². The molecule has 151 valence electrons. The van der Waals surface area contributed by atoms with Crippen LogP contribution in [0.1, 0.15) is 30.2 Å². The second-order valence-electron chi connectivity index (χ2n) is 6.97. The fraction of sp³-hybridized carbons (Fsp3) is 0.261. The first kappa shape index (κ1) is 21.1. The van der Waals surface area contributed by atoms with E-state index in [1.54, 1.807) is 31.5 Å². The molecule has 1 heterocycles. The lowest BCUT2D eigenvalue weighted by molar-refractivity contribution is -0.123. The number of amides is 1. The Morgan fingerprint density at radius 2 is 2.00 bits per heavy atom. The van der Waals surface area contributed by atoms with E-state index >= 15 is 0 Å². The van der Waals surface area contributed by atoms with Crippen molar-refractivity contribution in [3.63, 3.8) is 0 Å². The number of hydrogen-bond acceptors (Lipinski definition) is 4. The van der Waals surface area contributed by atoms with Crippen molar-refractivity contribution in [2.75, 3.05) is 13.1 Å². The zero-order valence-corrected chi connectivity index (χ0v) is 17.0. The van der Waals surface area contributed by atoms with Gasteiger partial charge in [0, 0.05) is 42.0 Å². The molecule has 0 bridgehead atoms. The number of carbonyl (C=O) groups is 1. The molecule has 1 unspecified atom stereocenters. The van der Waals surface area contributed by atoms with Gasteiger partial charge in [0.05, 0.1) is 5.39 Å². The number of hydrogen-bond donors (Lipinski definition) is 2. The van der Waals surface area contributed by atoms with Crippen LogP contribution in [0.4, 0.5) is 0 Å². The van der Waals surface area contributed by atoms with Gasteiger partial charge in [-0.1, -0.05) is 48.9 Å². The Kier molecular flexibility index (Phi) is 7.07. The maximum Gasteiger partial charge on any atom is 0.223 e. The van der Waals surface area contributed by atoms with Gasteiger partial charge in [-0.2, -0.15) is 0 Å². The number of benzene rings is 2. The Hall–Kier alpha value is -2.63. The molecule has 0 aliphatic rings. The summed E-state index contributed by atoms with van der Waals surface area (Å²) in [5.41, 5.74) is 7.27. The Balaban J connectivity index is 1.97. The van der Waals surface area contributed by atoms with Crippen LogP contribution in [0.3, 0.4) is 0 Å². The van der Waals surface area contributed by atoms with E-state index in [9.17, 15) is 9.59 Å². The molecule has 1 atom stereocenters. The smallest absolute Gasteiger partial charge is 0.223 e. The summed E-state index contributed by atoms with van der Waals surface area (Å²) in [7, 11) is 0. The summed E-state index contributed by atoms with van der Waals surface area (Å²) in [5, 5.41) is 3.79. The molecule has 0 saturated carbocycles. The lowest BCUT2D eigenvalue weighted by Crippen LogP contribution is -2.31. The Morgan fingerprint density at radius 3 is 2.72 bits per heavy atom. The number of carbonyl (C=O) groups excluding carboxylic acids is 1. The van der Waals surface area contributed by atoms with Crippen molar-refractivity contribution >= 4 is 28.5 Å². The summed E-state index contributed by atoms with van der Waals surface area (Å²) in [5.74, 6) is -0.213. The van der Waals surface area contributed by atoms with Crippen molar-refractivity contribution in [3.8, 4) is 0 Å². The Morgan fingerprint density at radius 1 is 1.24 bits per heavy atom. The number of rotatable bonds is 8. The van der Waals surface area contributed by atoms with Gasteiger partial charge in [-0.15, -0.1) is 0 Å².